The highest BCUT2D eigenvalue weighted by atomic mass is 16.3. The lowest BCUT2D eigenvalue weighted by Gasteiger charge is -2.19. The molecule has 0 unspecified atom stereocenters. The molecule has 1 heterocycles. The van der Waals surface area contributed by atoms with Gasteiger partial charge in [0, 0.05) is 10.9 Å². The van der Waals surface area contributed by atoms with Crippen molar-refractivity contribution in [2.24, 2.45) is 0 Å². The van der Waals surface area contributed by atoms with Crippen LogP contribution < -0.4 is 0 Å². The molecule has 7 aromatic carbocycles. The van der Waals surface area contributed by atoms with E-state index in [4.69, 9.17) is 4.42 Å². The normalized spacial score (nSPS) is 11.1. The summed E-state index contributed by atoms with van der Waals surface area (Å²) < 4.78 is 6.46. The van der Waals surface area contributed by atoms with Gasteiger partial charge in [-0.15, -0.1) is 0 Å². The highest BCUT2D eigenvalue weighted by molar-refractivity contribution is 6.29. The van der Waals surface area contributed by atoms with E-state index in [1.807, 2.05) is 26.0 Å². The Hall–Kier alpha value is -4.88. The van der Waals surface area contributed by atoms with Gasteiger partial charge in [-0.05, 0) is 86.6 Å². The zero-order valence-corrected chi connectivity index (χ0v) is 27.4. The summed E-state index contributed by atoms with van der Waals surface area (Å²) in [6.45, 7) is 12.6. The van der Waals surface area contributed by atoms with Crippen molar-refractivity contribution >= 4 is 43.3 Å². The minimum absolute atomic E-state index is 0.904. The van der Waals surface area contributed by atoms with E-state index in [1.165, 1.54) is 78.5 Å². The maximum atomic E-state index is 6.46. The third kappa shape index (κ3) is 5.60. The number of hydrogen-bond donors (Lipinski definition) is 0. The molecule has 8 aromatic rings. The van der Waals surface area contributed by atoms with Crippen molar-refractivity contribution in [3.63, 3.8) is 0 Å². The Balaban J connectivity index is 0.000000555. The number of benzene rings is 7. The Kier molecular flexibility index (Phi) is 8.71. The van der Waals surface area contributed by atoms with E-state index < -0.39 is 0 Å². The quantitative estimate of drug-likeness (QED) is 0.187. The van der Waals surface area contributed by atoms with Gasteiger partial charge >= 0.3 is 0 Å². The lowest BCUT2D eigenvalue weighted by Crippen LogP contribution is -1.92. The van der Waals surface area contributed by atoms with Crippen LogP contribution in [0.1, 0.15) is 51.7 Å². The maximum absolute atomic E-state index is 6.46. The zero-order valence-electron chi connectivity index (χ0n) is 27.4. The number of furan rings is 1. The van der Waals surface area contributed by atoms with Crippen LogP contribution in [0, 0.1) is 13.8 Å². The fraction of sp³-hybridized carbons (Fsp3) is 0.182. The summed E-state index contributed by atoms with van der Waals surface area (Å²) in [7, 11) is 0. The number of hydrogen-bond acceptors (Lipinski definition) is 1. The molecule has 1 heteroatoms. The second-order valence-corrected chi connectivity index (χ2v) is 11.7. The first kappa shape index (κ1) is 30.2. The molecular weight excluding hydrogens is 544 g/mol. The van der Waals surface area contributed by atoms with Gasteiger partial charge in [0.2, 0.25) is 0 Å². The van der Waals surface area contributed by atoms with E-state index in [1.54, 1.807) is 0 Å². The number of para-hydroxylation sites is 1. The summed E-state index contributed by atoms with van der Waals surface area (Å²) in [5.41, 5.74) is 9.54. The molecule has 0 atom stereocenters. The summed E-state index contributed by atoms with van der Waals surface area (Å²) >= 11 is 0. The third-order valence-corrected chi connectivity index (χ3v) is 8.70. The first-order valence-corrected chi connectivity index (χ1v) is 16.4. The van der Waals surface area contributed by atoms with Crippen LogP contribution in [0.5, 0.6) is 0 Å². The van der Waals surface area contributed by atoms with Crippen LogP contribution in [0.2, 0.25) is 0 Å². The molecule has 0 saturated heterocycles. The predicted octanol–water partition coefficient (Wildman–Crippen LogP) is 13.8. The Morgan fingerprint density at radius 2 is 1.00 bits per heavy atom. The van der Waals surface area contributed by atoms with Gasteiger partial charge in [-0.3, -0.25) is 0 Å². The molecule has 0 spiro atoms. The average Bonchev–Trinajstić information content (AvgIpc) is 3.53. The number of rotatable bonds is 4. The first-order chi connectivity index (χ1) is 22.1. The Morgan fingerprint density at radius 1 is 0.467 bits per heavy atom. The average molecular weight is 587 g/mol. The highest BCUT2D eigenvalue weighted by Crippen LogP contribution is 2.46. The number of unbranched alkanes of at least 4 members (excludes halogenated alkanes) is 1. The molecule has 0 aliphatic carbocycles. The molecule has 0 aliphatic heterocycles. The molecule has 224 valence electrons. The van der Waals surface area contributed by atoms with Crippen LogP contribution in [0.3, 0.4) is 0 Å². The van der Waals surface area contributed by atoms with Gasteiger partial charge in [0.05, 0.1) is 0 Å². The van der Waals surface area contributed by atoms with Crippen molar-refractivity contribution in [1.82, 2.24) is 0 Å². The van der Waals surface area contributed by atoms with Crippen LogP contribution in [-0.4, -0.2) is 0 Å². The van der Waals surface area contributed by atoms with E-state index in [0.717, 1.165) is 22.3 Å². The lowest BCUT2D eigenvalue weighted by atomic mass is 9.85. The maximum Gasteiger partial charge on any atom is 0.136 e. The van der Waals surface area contributed by atoms with Crippen LogP contribution in [0.25, 0.3) is 76.9 Å². The molecule has 0 saturated carbocycles. The van der Waals surface area contributed by atoms with Crippen molar-refractivity contribution in [3.8, 4) is 33.6 Å². The van der Waals surface area contributed by atoms with Crippen molar-refractivity contribution in [2.75, 3.05) is 0 Å². The van der Waals surface area contributed by atoms with Gasteiger partial charge < -0.3 is 4.42 Å². The standard InChI is InChI=1S/C38H26O.C4H10.C2H6/c1-23-7-11-25(12-8-23)29-17-15-27-16-18-31-33(26-13-9-24(2)10-14-26)22-34(32-20-19-30(29)37(27)38(31)32)36-21-28-5-3-4-6-35(28)39-36;1-3-4-2;1-2/h3-22H,1-2H3;3-4H2,1-2H3;1-2H3. The monoisotopic (exact) mass is 586 g/mol. The van der Waals surface area contributed by atoms with E-state index in [0.29, 0.717) is 0 Å². The molecule has 0 N–H and O–H groups in total. The Bertz CT molecular complexity index is 2160. The summed E-state index contributed by atoms with van der Waals surface area (Å²) in [5, 5.41) is 8.77. The SMILES string of the molecule is CC.CCCC.Cc1ccc(-c2ccc3ccc4c(-c5ccc(C)cc5)cc(-c5cc6ccccc6o5)c5ccc2c3c45)cc1. The first-order valence-electron chi connectivity index (χ1n) is 16.4. The topological polar surface area (TPSA) is 13.1 Å². The summed E-state index contributed by atoms with van der Waals surface area (Å²) in [6.07, 6.45) is 2.64. The third-order valence-electron chi connectivity index (χ3n) is 8.70. The molecule has 8 rings (SSSR count). The summed E-state index contributed by atoms with van der Waals surface area (Å²) in [5.74, 6) is 0.904. The van der Waals surface area contributed by atoms with Gasteiger partial charge in [0.15, 0.2) is 0 Å². The van der Waals surface area contributed by atoms with Crippen LogP contribution in [0.4, 0.5) is 0 Å². The fourth-order valence-corrected chi connectivity index (χ4v) is 6.17. The molecule has 0 radical (unpaired) electrons. The van der Waals surface area contributed by atoms with Crippen molar-refractivity contribution in [1.29, 1.82) is 0 Å². The fourth-order valence-electron chi connectivity index (χ4n) is 6.17. The number of fused-ring (bicyclic) bond motifs is 1. The van der Waals surface area contributed by atoms with Crippen LogP contribution in [-0.2, 0) is 0 Å². The largest absolute Gasteiger partial charge is 0.456 e. The number of aryl methyl sites for hydroxylation is 2. The predicted molar refractivity (Wildman–Crippen MR) is 198 cm³/mol. The Labute approximate surface area is 267 Å². The molecule has 0 bridgehead atoms. The van der Waals surface area contributed by atoms with Gasteiger partial charge in [-0.2, -0.15) is 0 Å². The van der Waals surface area contributed by atoms with Gasteiger partial charge in [-0.1, -0.05) is 155 Å². The lowest BCUT2D eigenvalue weighted by molar-refractivity contribution is 0.632. The second kappa shape index (κ2) is 13.0. The molecular formula is C44H42O. The van der Waals surface area contributed by atoms with E-state index >= 15 is 0 Å². The van der Waals surface area contributed by atoms with Crippen LogP contribution >= 0.6 is 0 Å². The van der Waals surface area contributed by atoms with Gasteiger partial charge in [0.1, 0.15) is 11.3 Å². The molecule has 0 aliphatic rings. The molecule has 1 nitrogen and oxygen atoms in total. The molecule has 0 amide bonds. The highest BCUT2D eigenvalue weighted by Gasteiger charge is 2.20. The Morgan fingerprint density at radius 3 is 1.62 bits per heavy atom. The van der Waals surface area contributed by atoms with Gasteiger partial charge in [0.25, 0.3) is 0 Å². The molecule has 45 heavy (non-hydrogen) atoms. The summed E-state index contributed by atoms with van der Waals surface area (Å²) in [4.78, 5) is 0. The van der Waals surface area contributed by atoms with Crippen molar-refractivity contribution < 1.29 is 4.42 Å². The van der Waals surface area contributed by atoms with Gasteiger partial charge in [-0.25, -0.2) is 0 Å². The van der Waals surface area contributed by atoms with Crippen molar-refractivity contribution in [2.45, 2.75) is 54.4 Å². The van der Waals surface area contributed by atoms with Crippen molar-refractivity contribution in [3.05, 3.63) is 132 Å². The smallest absolute Gasteiger partial charge is 0.136 e. The molecule has 0 fully saturated rings. The summed E-state index contributed by atoms with van der Waals surface area (Å²) in [6, 6.07) is 44.2. The zero-order chi connectivity index (χ0) is 31.5. The van der Waals surface area contributed by atoms with E-state index in [9.17, 15) is 0 Å². The van der Waals surface area contributed by atoms with E-state index in [2.05, 4.69) is 137 Å². The minimum Gasteiger partial charge on any atom is -0.456 e. The second-order valence-electron chi connectivity index (χ2n) is 11.7. The van der Waals surface area contributed by atoms with Crippen LogP contribution in [0.15, 0.2) is 126 Å². The minimum atomic E-state index is 0.904. The van der Waals surface area contributed by atoms with E-state index in [-0.39, 0.29) is 0 Å². The molecule has 1 aromatic heterocycles.